The van der Waals surface area contributed by atoms with Gasteiger partial charge in [0.15, 0.2) is 14.6 Å². The molecular weight excluding hydrogens is 366 g/mol. The van der Waals surface area contributed by atoms with Gasteiger partial charge in [-0.1, -0.05) is 30.3 Å². The van der Waals surface area contributed by atoms with Gasteiger partial charge in [-0.25, -0.2) is 8.42 Å². The molecule has 0 radical (unpaired) electrons. The highest BCUT2D eigenvalue weighted by Gasteiger charge is 2.48. The number of nitrogens with one attached hydrogen (secondary N) is 2. The van der Waals surface area contributed by atoms with Crippen molar-refractivity contribution in [3.05, 3.63) is 35.9 Å². The fourth-order valence-electron chi connectivity index (χ4n) is 3.85. The summed E-state index contributed by atoms with van der Waals surface area (Å²) in [6, 6.07) is 10.2. The van der Waals surface area contributed by atoms with Crippen LogP contribution in [0.25, 0.3) is 0 Å². The van der Waals surface area contributed by atoms with Crippen molar-refractivity contribution in [2.75, 3.05) is 45.6 Å². The Morgan fingerprint density at radius 3 is 2.67 bits per heavy atom. The molecule has 150 valence electrons. The Morgan fingerprint density at radius 2 is 2.00 bits per heavy atom. The minimum absolute atomic E-state index is 0.135. The van der Waals surface area contributed by atoms with Gasteiger partial charge in [-0.05, 0) is 31.5 Å². The van der Waals surface area contributed by atoms with Crippen LogP contribution in [0.5, 0.6) is 0 Å². The third-order valence-electron chi connectivity index (χ3n) is 5.50. The molecule has 1 unspecified atom stereocenters. The third-order valence-corrected chi connectivity index (χ3v) is 7.51. The Kier molecular flexibility index (Phi) is 6.52. The molecule has 0 aromatic heterocycles. The topological polar surface area (TPSA) is 87.7 Å². The van der Waals surface area contributed by atoms with Crippen LogP contribution in [0.15, 0.2) is 30.3 Å². The molecule has 7 nitrogen and oxygen atoms in total. The summed E-state index contributed by atoms with van der Waals surface area (Å²) in [7, 11) is -3.49. The summed E-state index contributed by atoms with van der Waals surface area (Å²) in [5.41, 5.74) is 1.24. The third kappa shape index (κ3) is 4.87. The molecule has 0 aliphatic carbocycles. The zero-order valence-corrected chi connectivity index (χ0v) is 16.6. The number of hydrogen-bond donors (Lipinski definition) is 2. The molecular formula is C19H29N3O4S. The van der Waals surface area contributed by atoms with E-state index in [0.29, 0.717) is 45.6 Å². The van der Waals surface area contributed by atoms with E-state index in [1.807, 2.05) is 18.2 Å². The number of carbonyl (C=O) groups is 1. The second kappa shape index (κ2) is 8.68. The molecule has 27 heavy (non-hydrogen) atoms. The summed E-state index contributed by atoms with van der Waals surface area (Å²) < 4.78 is 29.1. The van der Waals surface area contributed by atoms with Crippen molar-refractivity contribution in [1.29, 1.82) is 0 Å². The number of carbonyl (C=O) groups excluding carboxylic acids is 1. The van der Waals surface area contributed by atoms with Gasteiger partial charge in [0, 0.05) is 32.4 Å². The number of benzene rings is 1. The maximum absolute atomic E-state index is 12.8. The van der Waals surface area contributed by atoms with Crippen molar-refractivity contribution in [3.63, 3.8) is 0 Å². The van der Waals surface area contributed by atoms with Crippen LogP contribution in [-0.4, -0.2) is 75.7 Å². The van der Waals surface area contributed by atoms with Crippen LogP contribution < -0.4 is 10.6 Å². The molecule has 2 N–H and O–H groups in total. The highest BCUT2D eigenvalue weighted by atomic mass is 32.2. The zero-order chi connectivity index (χ0) is 19.3. The molecule has 1 atom stereocenters. The molecule has 2 fully saturated rings. The minimum Gasteiger partial charge on any atom is -0.374 e. The number of hydrogen-bond acceptors (Lipinski definition) is 6. The first-order valence-electron chi connectivity index (χ1n) is 9.47. The summed E-state index contributed by atoms with van der Waals surface area (Å²) in [4.78, 5) is 15.1. The highest BCUT2D eigenvalue weighted by Crippen LogP contribution is 2.28. The van der Waals surface area contributed by atoms with Crippen LogP contribution in [0, 0.1) is 0 Å². The van der Waals surface area contributed by atoms with E-state index >= 15 is 0 Å². The van der Waals surface area contributed by atoms with E-state index in [-0.39, 0.29) is 6.10 Å². The van der Waals surface area contributed by atoms with Gasteiger partial charge in [0.2, 0.25) is 5.91 Å². The van der Waals surface area contributed by atoms with Crippen LogP contribution in [0.3, 0.4) is 0 Å². The lowest BCUT2D eigenvalue weighted by Crippen LogP contribution is -2.58. The molecule has 2 heterocycles. The second-order valence-electron chi connectivity index (χ2n) is 7.44. The summed E-state index contributed by atoms with van der Waals surface area (Å²) in [6.07, 6.45) is 1.65. The lowest BCUT2D eigenvalue weighted by Gasteiger charge is -2.36. The Morgan fingerprint density at radius 1 is 1.30 bits per heavy atom. The number of morpholine rings is 1. The molecule has 1 amide bonds. The van der Waals surface area contributed by atoms with Crippen LogP contribution >= 0.6 is 0 Å². The Labute approximate surface area is 161 Å². The van der Waals surface area contributed by atoms with E-state index < -0.39 is 20.5 Å². The molecule has 2 aliphatic rings. The summed E-state index contributed by atoms with van der Waals surface area (Å²) in [5.74, 6) is -0.393. The van der Waals surface area contributed by atoms with E-state index in [1.165, 1.54) is 5.56 Å². The normalized spacial score (nSPS) is 23.7. The maximum atomic E-state index is 12.8. The van der Waals surface area contributed by atoms with Gasteiger partial charge in [-0.3, -0.25) is 9.69 Å². The average molecular weight is 396 g/mol. The van der Waals surface area contributed by atoms with Crippen LogP contribution in [-0.2, 0) is 25.9 Å². The molecule has 3 rings (SSSR count). The van der Waals surface area contributed by atoms with Crippen molar-refractivity contribution >= 4 is 15.7 Å². The second-order valence-corrected chi connectivity index (χ2v) is 9.77. The zero-order valence-electron chi connectivity index (χ0n) is 15.8. The average Bonchev–Trinajstić information content (AvgIpc) is 2.67. The Balaban J connectivity index is 1.56. The van der Waals surface area contributed by atoms with Crippen molar-refractivity contribution < 1.29 is 17.9 Å². The van der Waals surface area contributed by atoms with Gasteiger partial charge in [0.1, 0.15) is 0 Å². The number of sulfone groups is 1. The van der Waals surface area contributed by atoms with Gasteiger partial charge >= 0.3 is 0 Å². The summed E-state index contributed by atoms with van der Waals surface area (Å²) >= 11 is 0. The Bertz CT molecular complexity index is 733. The van der Waals surface area contributed by atoms with Crippen molar-refractivity contribution in [2.45, 2.75) is 30.2 Å². The molecule has 2 saturated heterocycles. The van der Waals surface area contributed by atoms with E-state index in [9.17, 15) is 13.2 Å². The lowest BCUT2D eigenvalue weighted by molar-refractivity contribution is -0.125. The molecule has 1 aromatic carbocycles. The largest absolute Gasteiger partial charge is 0.374 e. The van der Waals surface area contributed by atoms with Gasteiger partial charge in [-0.2, -0.15) is 0 Å². The molecule has 0 bridgehead atoms. The number of piperidine rings is 1. The first kappa shape index (κ1) is 20.3. The van der Waals surface area contributed by atoms with E-state index in [4.69, 9.17) is 4.74 Å². The van der Waals surface area contributed by atoms with E-state index in [1.54, 1.807) is 0 Å². The predicted molar refractivity (Wildman–Crippen MR) is 104 cm³/mol. The SMILES string of the molecule is CS(=O)(=O)C1(C(=O)NCC2CN(Cc3ccccc3)CCO2)CCNCC1. The molecule has 0 spiro atoms. The van der Waals surface area contributed by atoms with Gasteiger partial charge in [0.05, 0.1) is 12.7 Å². The number of amides is 1. The predicted octanol–water partition coefficient (Wildman–Crippen LogP) is 0.170. The van der Waals surface area contributed by atoms with E-state index in [0.717, 1.165) is 19.3 Å². The minimum atomic E-state index is -3.49. The quantitative estimate of drug-likeness (QED) is 0.714. The molecule has 2 aliphatic heterocycles. The highest BCUT2D eigenvalue weighted by molar-refractivity contribution is 7.92. The van der Waals surface area contributed by atoms with Crippen LogP contribution in [0.4, 0.5) is 0 Å². The van der Waals surface area contributed by atoms with Gasteiger partial charge < -0.3 is 15.4 Å². The number of ether oxygens (including phenoxy) is 1. The fourth-order valence-corrected chi connectivity index (χ4v) is 5.21. The smallest absolute Gasteiger partial charge is 0.241 e. The maximum Gasteiger partial charge on any atom is 0.241 e. The number of nitrogens with zero attached hydrogens (tertiary/aromatic N) is 1. The lowest BCUT2D eigenvalue weighted by atomic mass is 9.96. The number of rotatable bonds is 6. The van der Waals surface area contributed by atoms with Crippen LogP contribution in [0.2, 0.25) is 0 Å². The van der Waals surface area contributed by atoms with Crippen molar-refractivity contribution in [3.8, 4) is 0 Å². The van der Waals surface area contributed by atoms with Gasteiger partial charge in [-0.15, -0.1) is 0 Å². The first-order chi connectivity index (χ1) is 12.9. The molecule has 8 heteroatoms. The fraction of sp³-hybridized carbons (Fsp3) is 0.632. The summed E-state index contributed by atoms with van der Waals surface area (Å²) in [5, 5.41) is 5.98. The molecule has 1 aromatic rings. The summed E-state index contributed by atoms with van der Waals surface area (Å²) in [6.45, 7) is 4.40. The van der Waals surface area contributed by atoms with Crippen LogP contribution in [0.1, 0.15) is 18.4 Å². The van der Waals surface area contributed by atoms with Crippen molar-refractivity contribution in [2.24, 2.45) is 0 Å². The van der Waals surface area contributed by atoms with Crippen molar-refractivity contribution in [1.82, 2.24) is 15.5 Å². The first-order valence-corrected chi connectivity index (χ1v) is 11.4. The Hall–Kier alpha value is -1.48. The molecule has 0 saturated carbocycles. The monoisotopic (exact) mass is 395 g/mol. The van der Waals surface area contributed by atoms with E-state index in [2.05, 4.69) is 27.7 Å². The van der Waals surface area contributed by atoms with Gasteiger partial charge in [0.25, 0.3) is 0 Å². The standard InChI is InChI=1S/C19H29N3O4S/c1-27(24,25)19(7-9-20-10-8-19)18(23)21-13-17-15-22(11-12-26-17)14-16-5-3-2-4-6-16/h2-6,17,20H,7-15H2,1H3,(H,21,23).